The van der Waals surface area contributed by atoms with Crippen molar-refractivity contribution < 1.29 is 4.74 Å². The van der Waals surface area contributed by atoms with Crippen LogP contribution >= 0.6 is 0 Å². The molecular weight excluding hydrogens is 596 g/mol. The molecule has 264 valence electrons. The fourth-order valence-corrected chi connectivity index (χ4v) is 7.41. The van der Waals surface area contributed by atoms with Crippen LogP contribution in [-0.2, 0) is 4.74 Å². The number of anilines is 1. The highest BCUT2D eigenvalue weighted by molar-refractivity contribution is 5.99. The fraction of sp³-hybridized carbons (Fsp3) is 0.590. The summed E-state index contributed by atoms with van der Waals surface area (Å²) in [5, 5.41) is 1.74. The third-order valence-corrected chi connectivity index (χ3v) is 10.3. The van der Waals surface area contributed by atoms with Crippen molar-refractivity contribution in [3.8, 4) is 0 Å². The van der Waals surface area contributed by atoms with Gasteiger partial charge in [0.05, 0.1) is 18.8 Å². The molecule has 1 atom stereocenters. The van der Waals surface area contributed by atoms with Crippen molar-refractivity contribution >= 4 is 24.3 Å². The van der Waals surface area contributed by atoms with Gasteiger partial charge in [-0.05, 0) is 95.8 Å². The minimum Gasteiger partial charge on any atom is -0.403 e. The highest BCUT2D eigenvalue weighted by Gasteiger charge is 2.36. The van der Waals surface area contributed by atoms with Gasteiger partial charge in [-0.3, -0.25) is 9.89 Å². The fourth-order valence-electron chi connectivity index (χ4n) is 7.41. The summed E-state index contributed by atoms with van der Waals surface area (Å²) in [7, 11) is 0. The monoisotopic (exact) mass is 659 g/mol. The average molecular weight is 659 g/mol. The number of hydrogen-bond donors (Lipinski definition) is 2. The van der Waals surface area contributed by atoms with E-state index in [1.54, 1.807) is 11.2 Å². The topological polar surface area (TPSA) is 99.0 Å². The van der Waals surface area contributed by atoms with Crippen LogP contribution in [0.1, 0.15) is 89.7 Å². The van der Waals surface area contributed by atoms with E-state index in [0.29, 0.717) is 19.9 Å². The summed E-state index contributed by atoms with van der Waals surface area (Å²) in [5.41, 5.74) is 11.6. The molecular formula is C39H62N8O. The lowest BCUT2D eigenvalue weighted by Gasteiger charge is -2.40. The second-order valence-corrected chi connectivity index (χ2v) is 13.7. The van der Waals surface area contributed by atoms with E-state index in [-0.39, 0.29) is 11.6 Å². The zero-order valence-electron chi connectivity index (χ0n) is 30.2. The minimum absolute atomic E-state index is 0.0785. The molecule has 3 aliphatic rings. The Bertz CT molecular complexity index is 1320. The van der Waals surface area contributed by atoms with Crippen molar-refractivity contribution in [1.82, 2.24) is 14.8 Å². The van der Waals surface area contributed by atoms with Crippen molar-refractivity contribution in [3.05, 3.63) is 71.2 Å². The van der Waals surface area contributed by atoms with Crippen LogP contribution in [-0.4, -0.2) is 91.5 Å². The lowest BCUT2D eigenvalue weighted by Crippen LogP contribution is -2.48. The van der Waals surface area contributed by atoms with E-state index in [1.165, 1.54) is 60.7 Å². The number of likely N-dealkylation sites (tertiary alicyclic amines) is 2. The molecule has 0 aromatic heterocycles. The van der Waals surface area contributed by atoms with Crippen molar-refractivity contribution in [3.63, 3.8) is 0 Å². The normalized spacial score (nSPS) is 21.9. The van der Waals surface area contributed by atoms with Crippen LogP contribution in [0.4, 0.5) is 5.69 Å². The zero-order valence-corrected chi connectivity index (χ0v) is 30.2. The Morgan fingerprint density at radius 1 is 1.15 bits per heavy atom. The second kappa shape index (κ2) is 19.0. The van der Waals surface area contributed by atoms with Gasteiger partial charge in [0.25, 0.3) is 0 Å². The van der Waals surface area contributed by atoms with Gasteiger partial charge in [-0.25, -0.2) is 10.8 Å². The molecule has 9 heteroatoms. The molecule has 0 spiro atoms. The van der Waals surface area contributed by atoms with E-state index in [0.717, 1.165) is 69.9 Å². The Labute approximate surface area is 290 Å². The molecule has 3 heterocycles. The van der Waals surface area contributed by atoms with Gasteiger partial charge in [-0.15, -0.1) is 0 Å². The smallest absolute Gasteiger partial charge is 0.139 e. The van der Waals surface area contributed by atoms with Gasteiger partial charge in [-0.1, -0.05) is 63.1 Å². The van der Waals surface area contributed by atoms with Crippen molar-refractivity contribution in [2.45, 2.75) is 97.1 Å². The number of amidine groups is 1. The molecule has 1 unspecified atom stereocenters. The lowest BCUT2D eigenvalue weighted by molar-refractivity contribution is 0.0266. The molecule has 1 aromatic rings. The molecule has 4 rings (SSSR count). The molecule has 3 aliphatic heterocycles. The Kier molecular flexibility index (Phi) is 14.8. The summed E-state index contributed by atoms with van der Waals surface area (Å²) in [6.45, 7) is 19.7. The number of rotatable bonds is 16. The van der Waals surface area contributed by atoms with E-state index in [9.17, 15) is 0 Å². The highest BCUT2D eigenvalue weighted by atomic mass is 16.5. The van der Waals surface area contributed by atoms with Gasteiger partial charge in [0.15, 0.2) is 0 Å². The van der Waals surface area contributed by atoms with Crippen LogP contribution in [0.2, 0.25) is 0 Å². The molecule has 1 aromatic carbocycles. The maximum absolute atomic E-state index is 6.40. The molecule has 0 amide bonds. The molecule has 4 N–H and O–H groups in total. The molecule has 0 bridgehead atoms. The minimum atomic E-state index is 0.0785. The van der Waals surface area contributed by atoms with E-state index >= 15 is 0 Å². The SMILES string of the molecule is C=NC1=C(/C(=N\COCC2(C)CCCN2CCCCC)N2CCC(N(N)/C=C\N)CC2)CCN(c2cccc(/C=C\C=C\CC)c2C)C1. The maximum atomic E-state index is 6.40. The summed E-state index contributed by atoms with van der Waals surface area (Å²) in [5.74, 6) is 7.27. The van der Waals surface area contributed by atoms with Crippen molar-refractivity contribution in [1.29, 1.82) is 0 Å². The number of allylic oxidation sites excluding steroid dienone is 3. The number of unbranched alkanes of at least 4 members (excludes halogenated alkanes) is 2. The van der Waals surface area contributed by atoms with E-state index < -0.39 is 0 Å². The number of aliphatic imine (C=N–C) groups is 2. The van der Waals surface area contributed by atoms with Crippen LogP contribution in [0.25, 0.3) is 6.08 Å². The first-order chi connectivity index (χ1) is 23.3. The lowest BCUT2D eigenvalue weighted by atomic mass is 9.98. The summed E-state index contributed by atoms with van der Waals surface area (Å²) in [4.78, 5) is 17.3. The Balaban J connectivity index is 1.53. The maximum Gasteiger partial charge on any atom is 0.139 e. The summed E-state index contributed by atoms with van der Waals surface area (Å²) in [6.07, 6.45) is 21.8. The third-order valence-electron chi connectivity index (χ3n) is 10.3. The first-order valence-corrected chi connectivity index (χ1v) is 18.3. The van der Waals surface area contributed by atoms with Crippen LogP contribution in [0.15, 0.2) is 70.1 Å². The molecule has 2 saturated heterocycles. The Morgan fingerprint density at radius 3 is 2.69 bits per heavy atom. The number of hydrazine groups is 1. The van der Waals surface area contributed by atoms with Crippen LogP contribution in [0.5, 0.6) is 0 Å². The number of hydrogen-bond acceptors (Lipinski definition) is 8. The molecule has 2 fully saturated rings. The Morgan fingerprint density at radius 2 is 1.96 bits per heavy atom. The third kappa shape index (κ3) is 9.83. The van der Waals surface area contributed by atoms with Crippen LogP contribution < -0.4 is 16.5 Å². The number of nitrogens with zero attached hydrogens (tertiary/aromatic N) is 6. The zero-order chi connectivity index (χ0) is 34.4. The predicted octanol–water partition coefficient (Wildman–Crippen LogP) is 6.63. The Hall–Kier alpha value is -3.40. The molecule has 48 heavy (non-hydrogen) atoms. The predicted molar refractivity (Wildman–Crippen MR) is 204 cm³/mol. The van der Waals surface area contributed by atoms with Crippen LogP contribution in [0, 0.1) is 6.92 Å². The number of piperidine rings is 1. The molecule has 0 aliphatic carbocycles. The first-order valence-electron chi connectivity index (χ1n) is 18.3. The van der Waals surface area contributed by atoms with E-state index in [4.69, 9.17) is 21.3 Å². The highest BCUT2D eigenvalue weighted by Crippen LogP contribution is 2.32. The number of ether oxygens (including phenoxy) is 1. The summed E-state index contributed by atoms with van der Waals surface area (Å²) < 4.78 is 6.40. The van der Waals surface area contributed by atoms with Gasteiger partial charge >= 0.3 is 0 Å². The number of benzene rings is 1. The van der Waals surface area contributed by atoms with Crippen molar-refractivity contribution in [2.75, 3.05) is 57.5 Å². The van der Waals surface area contributed by atoms with Gasteiger partial charge in [0, 0.05) is 54.9 Å². The molecule has 0 radical (unpaired) electrons. The van der Waals surface area contributed by atoms with Crippen molar-refractivity contribution in [2.24, 2.45) is 21.6 Å². The number of nitrogens with two attached hydrogens (primary N) is 2. The average Bonchev–Trinajstić information content (AvgIpc) is 3.47. The summed E-state index contributed by atoms with van der Waals surface area (Å²) in [6, 6.07) is 6.80. The van der Waals surface area contributed by atoms with E-state index in [2.05, 4.69) is 96.6 Å². The van der Waals surface area contributed by atoms with Gasteiger partial charge in [-0.2, -0.15) is 0 Å². The summed E-state index contributed by atoms with van der Waals surface area (Å²) >= 11 is 0. The largest absolute Gasteiger partial charge is 0.403 e. The quantitative estimate of drug-likeness (QED) is 0.0514. The first kappa shape index (κ1) is 37.4. The second-order valence-electron chi connectivity index (χ2n) is 13.7. The van der Waals surface area contributed by atoms with Gasteiger partial charge in [0.2, 0.25) is 0 Å². The molecule has 0 saturated carbocycles. The molecule has 9 nitrogen and oxygen atoms in total. The van der Waals surface area contributed by atoms with E-state index in [1.807, 2.05) is 0 Å². The standard InChI is InChI=1S/C39H62N8O/c1-6-8-10-11-15-33-16-13-17-37(32(33)3)45-27-20-35(36(29-45)42-5)38(44-25-18-34(19-26-44)47(41)28-22-40)43-31-48-30-39(4)21-14-24-46(39)23-12-9-7-2/h8,10-11,13,15-17,22,28,34H,5-7,9,12,14,18-21,23-27,29-31,40-41H2,1-4H3/b10-8+,15-11-,28-22-,43-38+. The van der Waals surface area contributed by atoms with Gasteiger partial charge in [0.1, 0.15) is 12.6 Å². The van der Waals surface area contributed by atoms with Gasteiger partial charge < -0.3 is 25.3 Å². The van der Waals surface area contributed by atoms with Crippen LogP contribution in [0.3, 0.4) is 0 Å².